The molecule has 0 spiro atoms. The summed E-state index contributed by atoms with van der Waals surface area (Å²) in [5, 5.41) is 7.67. The van der Waals surface area contributed by atoms with Gasteiger partial charge in [-0.25, -0.2) is 0 Å². The molecule has 96 valence electrons. The van der Waals surface area contributed by atoms with Gasteiger partial charge in [0.25, 0.3) is 0 Å². The average Bonchev–Trinajstić information content (AvgIpc) is 2.21. The van der Waals surface area contributed by atoms with Crippen molar-refractivity contribution in [2.24, 2.45) is 5.41 Å². The first kappa shape index (κ1) is 15.3. The van der Waals surface area contributed by atoms with E-state index in [-0.39, 0.29) is 11.3 Å². The summed E-state index contributed by atoms with van der Waals surface area (Å²) in [6.45, 7) is 8.60. The molecule has 0 aliphatic rings. The quantitative estimate of drug-likeness (QED) is 0.587. The van der Waals surface area contributed by atoms with E-state index in [1.807, 2.05) is 19.2 Å². The molecule has 0 rings (SSSR count). The molecule has 0 heterocycles. The first-order chi connectivity index (χ1) is 7.37. The number of likely N-dealkylation sites (N-methyl/N-ethyl adjacent to an activating group) is 2. The second kappa shape index (κ2) is 7.60. The van der Waals surface area contributed by atoms with Crippen LogP contribution in [0.25, 0.3) is 0 Å². The van der Waals surface area contributed by atoms with Crippen molar-refractivity contribution >= 4 is 5.91 Å². The maximum absolute atomic E-state index is 10.8. The highest BCUT2D eigenvalue weighted by Crippen LogP contribution is 2.14. The third-order valence-electron chi connectivity index (χ3n) is 2.17. The molecule has 0 saturated carbocycles. The van der Waals surface area contributed by atoms with Crippen LogP contribution in [-0.2, 0) is 9.63 Å². The van der Waals surface area contributed by atoms with Gasteiger partial charge in [-0.2, -0.15) is 5.06 Å². The number of carbonyl (C=O) groups is 1. The molecule has 0 aliphatic heterocycles. The van der Waals surface area contributed by atoms with E-state index in [2.05, 4.69) is 24.5 Å². The summed E-state index contributed by atoms with van der Waals surface area (Å²) < 4.78 is 0. The zero-order valence-electron chi connectivity index (χ0n) is 11.1. The molecule has 0 saturated heterocycles. The van der Waals surface area contributed by atoms with Gasteiger partial charge in [-0.3, -0.25) is 9.63 Å². The van der Waals surface area contributed by atoms with Crippen molar-refractivity contribution < 1.29 is 9.63 Å². The third kappa shape index (κ3) is 8.64. The minimum absolute atomic E-state index is 0.00314. The van der Waals surface area contributed by atoms with Gasteiger partial charge in [-0.05, 0) is 7.05 Å². The van der Waals surface area contributed by atoms with E-state index in [1.165, 1.54) is 6.92 Å². The molecule has 16 heavy (non-hydrogen) atoms. The van der Waals surface area contributed by atoms with Crippen LogP contribution in [0.5, 0.6) is 0 Å². The Morgan fingerprint density at radius 2 is 2.06 bits per heavy atom. The molecular formula is C11H25N3O2. The Hall–Kier alpha value is -0.650. The Kier molecular flexibility index (Phi) is 7.29. The van der Waals surface area contributed by atoms with E-state index >= 15 is 0 Å². The van der Waals surface area contributed by atoms with Crippen molar-refractivity contribution in [3.05, 3.63) is 0 Å². The number of carbonyl (C=O) groups excluding carboxylic acids is 1. The molecule has 0 aliphatic carbocycles. The van der Waals surface area contributed by atoms with Crippen LogP contribution in [0.15, 0.2) is 0 Å². The normalized spacial score (nSPS) is 11.9. The Morgan fingerprint density at radius 1 is 1.44 bits per heavy atom. The fourth-order valence-corrected chi connectivity index (χ4v) is 1.03. The summed E-state index contributed by atoms with van der Waals surface area (Å²) in [6.07, 6.45) is 0. The van der Waals surface area contributed by atoms with Gasteiger partial charge in [-0.1, -0.05) is 13.8 Å². The standard InChI is InChI=1S/C11H25N3O2/c1-10(15)13-8-11(2,3)9-16-14(5)7-6-12-4/h12H,6-9H2,1-5H3,(H,13,15). The van der Waals surface area contributed by atoms with Crippen molar-refractivity contribution in [1.29, 1.82) is 0 Å². The van der Waals surface area contributed by atoms with Crippen LogP contribution in [0.1, 0.15) is 20.8 Å². The van der Waals surface area contributed by atoms with Gasteiger partial charge in [0.1, 0.15) is 0 Å². The molecule has 0 aromatic rings. The minimum atomic E-state index is -0.0560. The zero-order valence-corrected chi connectivity index (χ0v) is 11.1. The van der Waals surface area contributed by atoms with Gasteiger partial charge in [0.2, 0.25) is 5.91 Å². The monoisotopic (exact) mass is 231 g/mol. The largest absolute Gasteiger partial charge is 0.356 e. The number of hydrogen-bond acceptors (Lipinski definition) is 4. The first-order valence-electron chi connectivity index (χ1n) is 5.60. The highest BCUT2D eigenvalue weighted by atomic mass is 16.7. The van der Waals surface area contributed by atoms with Crippen LogP contribution in [0.2, 0.25) is 0 Å². The fourth-order valence-electron chi connectivity index (χ4n) is 1.03. The van der Waals surface area contributed by atoms with E-state index in [4.69, 9.17) is 4.84 Å². The van der Waals surface area contributed by atoms with Crippen LogP contribution in [-0.4, -0.2) is 51.3 Å². The maximum atomic E-state index is 10.8. The molecule has 1 amide bonds. The van der Waals surface area contributed by atoms with E-state index in [0.717, 1.165) is 13.1 Å². The molecule has 0 unspecified atom stereocenters. The predicted octanol–water partition coefficient (Wildman–Crippen LogP) is 0.232. The summed E-state index contributed by atoms with van der Waals surface area (Å²) in [6, 6.07) is 0. The second-order valence-electron chi connectivity index (χ2n) is 4.80. The van der Waals surface area contributed by atoms with E-state index < -0.39 is 0 Å². The zero-order chi connectivity index (χ0) is 12.6. The smallest absolute Gasteiger partial charge is 0.216 e. The van der Waals surface area contributed by atoms with Gasteiger partial charge in [0.05, 0.1) is 6.61 Å². The number of nitrogens with zero attached hydrogens (tertiary/aromatic N) is 1. The minimum Gasteiger partial charge on any atom is -0.356 e. The van der Waals surface area contributed by atoms with Crippen LogP contribution in [0.4, 0.5) is 0 Å². The third-order valence-corrected chi connectivity index (χ3v) is 2.17. The first-order valence-corrected chi connectivity index (χ1v) is 5.60. The Labute approximate surface area is 98.5 Å². The van der Waals surface area contributed by atoms with Crippen LogP contribution in [0, 0.1) is 5.41 Å². The molecule has 0 aromatic carbocycles. The lowest BCUT2D eigenvalue weighted by Crippen LogP contribution is -2.38. The van der Waals surface area contributed by atoms with Crippen molar-refractivity contribution in [3.8, 4) is 0 Å². The van der Waals surface area contributed by atoms with E-state index in [1.54, 1.807) is 0 Å². The molecule has 0 atom stereocenters. The van der Waals surface area contributed by atoms with Crippen LogP contribution in [0.3, 0.4) is 0 Å². The van der Waals surface area contributed by atoms with Crippen LogP contribution < -0.4 is 10.6 Å². The molecule has 5 heteroatoms. The molecular weight excluding hydrogens is 206 g/mol. The topological polar surface area (TPSA) is 53.6 Å². The number of rotatable bonds is 8. The summed E-state index contributed by atoms with van der Waals surface area (Å²) in [7, 11) is 3.82. The maximum Gasteiger partial charge on any atom is 0.216 e. The molecule has 0 radical (unpaired) electrons. The highest BCUT2D eigenvalue weighted by Gasteiger charge is 2.19. The SMILES string of the molecule is CNCCN(C)OCC(C)(C)CNC(C)=O. The van der Waals surface area contributed by atoms with Gasteiger partial charge >= 0.3 is 0 Å². The molecule has 0 bridgehead atoms. The summed E-state index contributed by atoms with van der Waals surface area (Å²) in [4.78, 5) is 16.4. The number of hydroxylamine groups is 2. The van der Waals surface area contributed by atoms with Crippen molar-refractivity contribution in [1.82, 2.24) is 15.7 Å². The van der Waals surface area contributed by atoms with Gasteiger partial charge in [-0.15, -0.1) is 0 Å². The van der Waals surface area contributed by atoms with E-state index in [9.17, 15) is 4.79 Å². The average molecular weight is 231 g/mol. The Bertz CT molecular complexity index is 207. The lowest BCUT2D eigenvalue weighted by atomic mass is 9.95. The summed E-state index contributed by atoms with van der Waals surface area (Å²) >= 11 is 0. The van der Waals surface area contributed by atoms with Gasteiger partial charge in [0.15, 0.2) is 0 Å². The number of hydrogen-bond donors (Lipinski definition) is 2. The van der Waals surface area contributed by atoms with Gasteiger partial charge in [0, 0.05) is 39.0 Å². The lowest BCUT2D eigenvalue weighted by Gasteiger charge is -2.27. The van der Waals surface area contributed by atoms with Crippen molar-refractivity contribution in [2.45, 2.75) is 20.8 Å². The lowest BCUT2D eigenvalue weighted by molar-refractivity contribution is -0.161. The second-order valence-corrected chi connectivity index (χ2v) is 4.80. The Morgan fingerprint density at radius 3 is 2.56 bits per heavy atom. The van der Waals surface area contributed by atoms with E-state index in [0.29, 0.717) is 13.2 Å². The molecule has 0 aromatic heterocycles. The number of nitrogens with one attached hydrogen (secondary N) is 2. The predicted molar refractivity (Wildman–Crippen MR) is 65.0 cm³/mol. The highest BCUT2D eigenvalue weighted by molar-refractivity contribution is 5.72. The summed E-state index contributed by atoms with van der Waals surface area (Å²) in [5.74, 6) is -0.00314. The molecule has 5 nitrogen and oxygen atoms in total. The molecule has 2 N–H and O–H groups in total. The number of amides is 1. The van der Waals surface area contributed by atoms with Gasteiger partial charge < -0.3 is 10.6 Å². The van der Waals surface area contributed by atoms with Crippen molar-refractivity contribution in [3.63, 3.8) is 0 Å². The summed E-state index contributed by atoms with van der Waals surface area (Å²) in [5.41, 5.74) is -0.0560. The molecule has 0 fully saturated rings. The fraction of sp³-hybridized carbons (Fsp3) is 0.909. The Balaban J connectivity index is 3.75. The van der Waals surface area contributed by atoms with Crippen molar-refractivity contribution in [2.75, 3.05) is 40.3 Å². The van der Waals surface area contributed by atoms with Crippen LogP contribution >= 0.6 is 0 Å².